The van der Waals surface area contributed by atoms with Crippen LogP contribution in [0, 0.1) is 17.0 Å². The first-order chi connectivity index (χ1) is 7.41. The molecular formula is C10H11NO5. The molecule has 86 valence electrons. The van der Waals surface area contributed by atoms with Crippen LogP contribution in [0.4, 0.5) is 5.69 Å². The number of rotatable bonds is 4. The Morgan fingerprint density at radius 2 is 2.19 bits per heavy atom. The summed E-state index contributed by atoms with van der Waals surface area (Å²) < 4.78 is 0. The zero-order valence-electron chi connectivity index (χ0n) is 8.58. The van der Waals surface area contributed by atoms with Crippen molar-refractivity contribution in [1.29, 1.82) is 0 Å². The minimum absolute atomic E-state index is 0.0740. The van der Waals surface area contributed by atoms with E-state index in [2.05, 4.69) is 0 Å². The van der Waals surface area contributed by atoms with Gasteiger partial charge in [-0.05, 0) is 12.5 Å². The maximum Gasteiger partial charge on any atom is 0.332 e. The lowest BCUT2D eigenvalue weighted by molar-refractivity contribution is -0.385. The number of benzene rings is 1. The minimum Gasteiger partial charge on any atom is -0.479 e. The van der Waals surface area contributed by atoms with Gasteiger partial charge in [0.2, 0.25) is 0 Å². The zero-order valence-corrected chi connectivity index (χ0v) is 8.58. The molecule has 1 aromatic rings. The summed E-state index contributed by atoms with van der Waals surface area (Å²) in [5.41, 5.74) is 0.848. The molecule has 0 aliphatic rings. The number of nitrogens with zero attached hydrogens (tertiary/aromatic N) is 1. The third-order valence-electron chi connectivity index (χ3n) is 2.18. The van der Waals surface area contributed by atoms with Crippen LogP contribution in [0.2, 0.25) is 0 Å². The number of aliphatic carboxylic acids is 1. The van der Waals surface area contributed by atoms with E-state index in [0.717, 1.165) is 0 Å². The Balaban J connectivity index is 2.95. The van der Waals surface area contributed by atoms with Crippen LogP contribution in [-0.2, 0) is 11.2 Å². The van der Waals surface area contributed by atoms with Crippen LogP contribution in [0.5, 0.6) is 0 Å². The molecule has 0 heterocycles. The summed E-state index contributed by atoms with van der Waals surface area (Å²) in [5.74, 6) is -1.34. The van der Waals surface area contributed by atoms with E-state index in [4.69, 9.17) is 10.2 Å². The average molecular weight is 225 g/mol. The first-order valence-electron chi connectivity index (χ1n) is 4.56. The van der Waals surface area contributed by atoms with Crippen molar-refractivity contribution in [2.24, 2.45) is 0 Å². The van der Waals surface area contributed by atoms with Gasteiger partial charge in [0.25, 0.3) is 5.69 Å². The predicted molar refractivity (Wildman–Crippen MR) is 55.2 cm³/mol. The highest BCUT2D eigenvalue weighted by molar-refractivity contribution is 5.72. The fraction of sp³-hybridized carbons (Fsp3) is 0.300. The van der Waals surface area contributed by atoms with Crippen molar-refractivity contribution >= 4 is 11.7 Å². The molecule has 1 rings (SSSR count). The lowest BCUT2D eigenvalue weighted by atomic mass is 10.0. The first kappa shape index (κ1) is 12.1. The topological polar surface area (TPSA) is 101 Å². The summed E-state index contributed by atoms with van der Waals surface area (Å²) in [4.78, 5) is 20.5. The monoisotopic (exact) mass is 225 g/mol. The van der Waals surface area contributed by atoms with Crippen LogP contribution < -0.4 is 0 Å². The fourth-order valence-electron chi connectivity index (χ4n) is 1.29. The van der Waals surface area contributed by atoms with Crippen LogP contribution in [0.15, 0.2) is 18.2 Å². The van der Waals surface area contributed by atoms with Crippen LogP contribution in [0.3, 0.4) is 0 Å². The molecule has 0 saturated carbocycles. The van der Waals surface area contributed by atoms with E-state index in [1.54, 1.807) is 13.0 Å². The molecule has 0 fully saturated rings. The van der Waals surface area contributed by atoms with Gasteiger partial charge in [0, 0.05) is 18.1 Å². The van der Waals surface area contributed by atoms with Gasteiger partial charge < -0.3 is 10.2 Å². The molecule has 2 N–H and O–H groups in total. The van der Waals surface area contributed by atoms with Gasteiger partial charge in [-0.2, -0.15) is 0 Å². The van der Waals surface area contributed by atoms with Gasteiger partial charge in [-0.15, -0.1) is 0 Å². The molecule has 1 atom stereocenters. The third-order valence-corrected chi connectivity index (χ3v) is 2.18. The van der Waals surface area contributed by atoms with Crippen LogP contribution >= 0.6 is 0 Å². The summed E-state index contributed by atoms with van der Waals surface area (Å²) in [6.07, 6.45) is -1.68. The number of carboxylic acid groups (broad SMARTS) is 1. The summed E-state index contributed by atoms with van der Waals surface area (Å²) in [7, 11) is 0. The smallest absolute Gasteiger partial charge is 0.332 e. The number of hydrogen-bond donors (Lipinski definition) is 2. The molecule has 1 aromatic carbocycles. The van der Waals surface area contributed by atoms with E-state index >= 15 is 0 Å². The van der Waals surface area contributed by atoms with Gasteiger partial charge in [-0.3, -0.25) is 10.1 Å². The van der Waals surface area contributed by atoms with Crippen LogP contribution in [-0.4, -0.2) is 27.2 Å². The van der Waals surface area contributed by atoms with Crippen molar-refractivity contribution in [3.63, 3.8) is 0 Å². The number of carboxylic acids is 1. The lowest BCUT2D eigenvalue weighted by Crippen LogP contribution is -2.22. The second-order valence-electron chi connectivity index (χ2n) is 3.44. The highest BCUT2D eigenvalue weighted by Gasteiger charge is 2.16. The molecule has 6 heteroatoms. The fourth-order valence-corrected chi connectivity index (χ4v) is 1.29. The van der Waals surface area contributed by atoms with Crippen molar-refractivity contribution in [2.45, 2.75) is 19.4 Å². The van der Waals surface area contributed by atoms with Crippen LogP contribution in [0.25, 0.3) is 0 Å². The van der Waals surface area contributed by atoms with E-state index < -0.39 is 17.0 Å². The molecule has 0 aliphatic heterocycles. The normalized spacial score (nSPS) is 12.1. The van der Waals surface area contributed by atoms with E-state index in [0.29, 0.717) is 11.1 Å². The molecule has 16 heavy (non-hydrogen) atoms. The Labute approximate surface area is 91.3 Å². The molecule has 0 saturated heterocycles. The average Bonchev–Trinajstić information content (AvgIpc) is 2.20. The van der Waals surface area contributed by atoms with Gasteiger partial charge in [-0.25, -0.2) is 4.79 Å². The summed E-state index contributed by atoms with van der Waals surface area (Å²) in [6.45, 7) is 1.59. The second kappa shape index (κ2) is 4.71. The summed E-state index contributed by atoms with van der Waals surface area (Å²) in [5, 5.41) is 28.2. The van der Waals surface area contributed by atoms with E-state index in [9.17, 15) is 14.9 Å². The third kappa shape index (κ3) is 2.77. The molecule has 0 aromatic heterocycles. The largest absolute Gasteiger partial charge is 0.479 e. The Bertz CT molecular complexity index is 429. The number of aryl methyl sites for hydroxylation is 1. The maximum absolute atomic E-state index is 10.6. The van der Waals surface area contributed by atoms with Gasteiger partial charge in [-0.1, -0.05) is 12.1 Å². The number of nitro benzene ring substituents is 1. The first-order valence-corrected chi connectivity index (χ1v) is 4.56. The lowest BCUT2D eigenvalue weighted by Gasteiger charge is -2.06. The van der Waals surface area contributed by atoms with Crippen molar-refractivity contribution in [2.75, 3.05) is 0 Å². The number of aliphatic hydroxyl groups is 1. The Kier molecular flexibility index (Phi) is 3.57. The van der Waals surface area contributed by atoms with E-state index in [1.807, 2.05) is 0 Å². The molecule has 6 nitrogen and oxygen atoms in total. The zero-order chi connectivity index (χ0) is 12.3. The highest BCUT2D eigenvalue weighted by atomic mass is 16.6. The van der Waals surface area contributed by atoms with Crippen molar-refractivity contribution < 1.29 is 19.9 Å². The number of aliphatic hydroxyl groups excluding tert-OH is 1. The SMILES string of the molecule is Cc1ccc(CC(O)C(=O)O)cc1[N+](=O)[O-]. The Morgan fingerprint density at radius 3 is 2.69 bits per heavy atom. The molecule has 0 radical (unpaired) electrons. The number of nitro groups is 1. The van der Waals surface area contributed by atoms with Crippen molar-refractivity contribution in [1.82, 2.24) is 0 Å². The molecule has 0 bridgehead atoms. The van der Waals surface area contributed by atoms with Gasteiger partial charge in [0.15, 0.2) is 6.10 Å². The molecule has 0 amide bonds. The van der Waals surface area contributed by atoms with Crippen molar-refractivity contribution in [3.8, 4) is 0 Å². The Morgan fingerprint density at radius 1 is 1.56 bits per heavy atom. The maximum atomic E-state index is 10.6. The summed E-state index contributed by atoms with van der Waals surface area (Å²) >= 11 is 0. The second-order valence-corrected chi connectivity index (χ2v) is 3.44. The van der Waals surface area contributed by atoms with Gasteiger partial charge >= 0.3 is 5.97 Å². The highest BCUT2D eigenvalue weighted by Crippen LogP contribution is 2.20. The quantitative estimate of drug-likeness (QED) is 0.585. The number of carbonyl (C=O) groups is 1. The molecular weight excluding hydrogens is 214 g/mol. The summed E-state index contributed by atoms with van der Waals surface area (Å²) in [6, 6.07) is 4.37. The standard InChI is InChI=1S/C10H11NO5/c1-6-2-3-7(4-8(6)11(15)16)5-9(12)10(13)14/h2-4,9,12H,5H2,1H3,(H,13,14). The Hall–Kier alpha value is -1.95. The van der Waals surface area contributed by atoms with Crippen molar-refractivity contribution in [3.05, 3.63) is 39.4 Å². The molecule has 0 spiro atoms. The van der Waals surface area contributed by atoms with E-state index in [-0.39, 0.29) is 12.1 Å². The number of hydrogen-bond acceptors (Lipinski definition) is 4. The van der Waals surface area contributed by atoms with Gasteiger partial charge in [0.1, 0.15) is 0 Å². The molecule has 0 aliphatic carbocycles. The molecule has 1 unspecified atom stereocenters. The predicted octanol–water partition coefficient (Wildman–Crippen LogP) is 0.891. The van der Waals surface area contributed by atoms with E-state index in [1.165, 1.54) is 12.1 Å². The van der Waals surface area contributed by atoms with Gasteiger partial charge in [0.05, 0.1) is 4.92 Å². The van der Waals surface area contributed by atoms with Crippen LogP contribution in [0.1, 0.15) is 11.1 Å². The minimum atomic E-state index is -1.54.